The van der Waals surface area contributed by atoms with Gasteiger partial charge in [-0.05, 0) is 35.9 Å². The summed E-state index contributed by atoms with van der Waals surface area (Å²) >= 11 is 0. The number of piperazine rings is 1. The smallest absolute Gasteiger partial charge is 0.162 e. The minimum Gasteiger partial charge on any atom is -0.497 e. The lowest BCUT2D eigenvalue weighted by molar-refractivity contribution is 0.260. The van der Waals surface area contributed by atoms with E-state index >= 15 is 0 Å². The number of benzene rings is 3. The van der Waals surface area contributed by atoms with Crippen LogP contribution in [0.25, 0.3) is 10.9 Å². The first-order chi connectivity index (χ1) is 19.6. The fourth-order valence-electron chi connectivity index (χ4n) is 5.32. The van der Waals surface area contributed by atoms with E-state index in [1.165, 1.54) is 5.69 Å². The molecule has 0 amide bonds. The Balaban J connectivity index is 0.00000215. The van der Waals surface area contributed by atoms with Gasteiger partial charge in [0.2, 0.25) is 0 Å². The van der Waals surface area contributed by atoms with Crippen molar-refractivity contribution >= 4 is 41.4 Å². The van der Waals surface area contributed by atoms with Crippen molar-refractivity contribution in [3.8, 4) is 28.7 Å². The van der Waals surface area contributed by atoms with Crippen LogP contribution in [0.4, 0.5) is 5.69 Å². The lowest BCUT2D eigenvalue weighted by atomic mass is 10.1. The first kappa shape index (κ1) is 35.6. The highest BCUT2D eigenvalue weighted by molar-refractivity contribution is 5.86. The number of rotatable bonds is 11. The molecule has 1 aliphatic rings. The SMILES string of the molecule is COc1cccc(N2CCN(CCc3nn(Cc4ccc(OC)c(OC)c4)c4cc(OC)c(OC)cc34)CC2)c1.Cl.Cl.O. The average Bonchev–Trinajstić information content (AvgIpc) is 3.34. The number of halogens is 2. The third-order valence-corrected chi connectivity index (χ3v) is 7.57. The molecule has 0 unspecified atom stereocenters. The van der Waals surface area contributed by atoms with E-state index in [-0.39, 0.29) is 30.3 Å². The number of fused-ring (bicyclic) bond motifs is 1. The van der Waals surface area contributed by atoms with Gasteiger partial charge in [-0.2, -0.15) is 5.10 Å². The molecule has 0 aliphatic carbocycles. The fraction of sp³-hybridized carbons (Fsp3) is 0.387. The van der Waals surface area contributed by atoms with Crippen LogP contribution in [-0.4, -0.2) is 88.4 Å². The molecule has 0 atom stereocenters. The zero-order valence-electron chi connectivity index (χ0n) is 25.3. The summed E-state index contributed by atoms with van der Waals surface area (Å²) in [5.74, 6) is 3.68. The molecule has 1 aliphatic heterocycles. The molecule has 0 radical (unpaired) electrons. The molecule has 4 aromatic rings. The number of nitrogens with zero attached hydrogens (tertiary/aromatic N) is 4. The molecular formula is C31H42Cl2N4O6. The Hall–Kier alpha value is -3.57. The molecule has 1 saturated heterocycles. The van der Waals surface area contributed by atoms with Crippen molar-refractivity contribution in [3.63, 3.8) is 0 Å². The summed E-state index contributed by atoms with van der Waals surface area (Å²) in [7, 11) is 8.32. The monoisotopic (exact) mass is 636 g/mol. The van der Waals surface area contributed by atoms with Crippen molar-refractivity contribution in [2.24, 2.45) is 0 Å². The van der Waals surface area contributed by atoms with Crippen LogP contribution >= 0.6 is 24.8 Å². The normalized spacial score (nSPS) is 12.9. The van der Waals surface area contributed by atoms with Gasteiger partial charge in [-0.1, -0.05) is 12.1 Å². The van der Waals surface area contributed by atoms with E-state index in [9.17, 15) is 0 Å². The van der Waals surface area contributed by atoms with Crippen LogP contribution < -0.4 is 28.6 Å². The summed E-state index contributed by atoms with van der Waals surface area (Å²) in [6.45, 7) is 5.48. The average molecular weight is 638 g/mol. The highest BCUT2D eigenvalue weighted by Crippen LogP contribution is 2.35. The van der Waals surface area contributed by atoms with Crippen molar-refractivity contribution in [1.82, 2.24) is 14.7 Å². The molecule has 2 heterocycles. The van der Waals surface area contributed by atoms with Gasteiger partial charge in [0.05, 0.1) is 53.3 Å². The Kier molecular flexibility index (Phi) is 13.5. The Morgan fingerprint density at radius 3 is 2.00 bits per heavy atom. The van der Waals surface area contributed by atoms with Crippen molar-refractivity contribution in [2.45, 2.75) is 13.0 Å². The summed E-state index contributed by atoms with van der Waals surface area (Å²) in [6.07, 6.45) is 0.837. The fourth-order valence-corrected chi connectivity index (χ4v) is 5.32. The number of anilines is 1. The summed E-state index contributed by atoms with van der Waals surface area (Å²) in [6, 6.07) is 18.3. The Morgan fingerprint density at radius 1 is 0.698 bits per heavy atom. The summed E-state index contributed by atoms with van der Waals surface area (Å²) < 4.78 is 29.6. The molecular weight excluding hydrogens is 595 g/mol. The number of aromatic nitrogens is 2. The second-order valence-corrected chi connectivity index (χ2v) is 9.80. The van der Waals surface area contributed by atoms with Crippen LogP contribution in [0, 0.1) is 0 Å². The van der Waals surface area contributed by atoms with E-state index in [1.54, 1.807) is 35.5 Å². The summed E-state index contributed by atoms with van der Waals surface area (Å²) in [5, 5.41) is 6.16. The van der Waals surface area contributed by atoms with Gasteiger partial charge < -0.3 is 34.1 Å². The van der Waals surface area contributed by atoms with E-state index < -0.39 is 0 Å². The Bertz CT molecular complexity index is 1460. The van der Waals surface area contributed by atoms with E-state index in [0.717, 1.165) is 67.1 Å². The molecule has 236 valence electrons. The number of hydrogen-bond acceptors (Lipinski definition) is 8. The molecule has 10 nitrogen and oxygen atoms in total. The molecule has 0 bridgehead atoms. The number of methoxy groups -OCH3 is 5. The minimum absolute atomic E-state index is 0. The standard InChI is InChI=1S/C31H38N4O5.2ClH.H2O/c1-36-24-8-6-7-23(18-24)34-15-13-33(14-16-34)12-11-26-25-19-30(39-4)31(40-5)20-27(25)35(32-26)21-22-9-10-28(37-2)29(17-22)38-3;;;/h6-10,17-20H,11-16,21H2,1-5H3;2*1H;1H2. The van der Waals surface area contributed by atoms with Crippen LogP contribution in [0.1, 0.15) is 11.3 Å². The largest absolute Gasteiger partial charge is 0.497 e. The minimum atomic E-state index is 0. The quantitative estimate of drug-likeness (QED) is 0.237. The molecule has 0 spiro atoms. The van der Waals surface area contributed by atoms with Crippen LogP contribution in [0.5, 0.6) is 28.7 Å². The van der Waals surface area contributed by atoms with E-state index in [2.05, 4.69) is 21.9 Å². The Morgan fingerprint density at radius 2 is 1.35 bits per heavy atom. The van der Waals surface area contributed by atoms with Gasteiger partial charge in [0.15, 0.2) is 23.0 Å². The summed E-state index contributed by atoms with van der Waals surface area (Å²) in [4.78, 5) is 4.93. The maximum Gasteiger partial charge on any atom is 0.162 e. The highest BCUT2D eigenvalue weighted by atomic mass is 35.5. The van der Waals surface area contributed by atoms with Crippen molar-refractivity contribution in [3.05, 3.63) is 65.9 Å². The second kappa shape index (κ2) is 16.3. The molecule has 3 aromatic carbocycles. The topological polar surface area (TPSA) is 102 Å². The van der Waals surface area contributed by atoms with Gasteiger partial charge >= 0.3 is 0 Å². The van der Waals surface area contributed by atoms with Crippen molar-refractivity contribution < 1.29 is 29.2 Å². The van der Waals surface area contributed by atoms with Gasteiger partial charge in [-0.3, -0.25) is 9.58 Å². The maximum absolute atomic E-state index is 5.63. The molecule has 1 aromatic heterocycles. The predicted molar refractivity (Wildman–Crippen MR) is 175 cm³/mol. The lowest BCUT2D eigenvalue weighted by Crippen LogP contribution is -2.47. The third kappa shape index (κ3) is 7.88. The van der Waals surface area contributed by atoms with Crippen LogP contribution in [0.2, 0.25) is 0 Å². The predicted octanol–water partition coefficient (Wildman–Crippen LogP) is 4.51. The van der Waals surface area contributed by atoms with Gasteiger partial charge in [-0.15, -0.1) is 24.8 Å². The van der Waals surface area contributed by atoms with Crippen LogP contribution in [0.15, 0.2) is 54.6 Å². The zero-order valence-corrected chi connectivity index (χ0v) is 26.9. The van der Waals surface area contributed by atoms with Gasteiger partial charge in [0, 0.05) is 62.4 Å². The third-order valence-electron chi connectivity index (χ3n) is 7.57. The molecule has 2 N–H and O–H groups in total. The van der Waals surface area contributed by atoms with Crippen LogP contribution in [-0.2, 0) is 13.0 Å². The van der Waals surface area contributed by atoms with E-state index in [4.69, 9.17) is 28.8 Å². The molecule has 12 heteroatoms. The van der Waals surface area contributed by atoms with Crippen LogP contribution in [0.3, 0.4) is 0 Å². The van der Waals surface area contributed by atoms with E-state index in [0.29, 0.717) is 29.5 Å². The molecule has 1 fully saturated rings. The first-order valence-electron chi connectivity index (χ1n) is 13.5. The van der Waals surface area contributed by atoms with Gasteiger partial charge in [-0.25, -0.2) is 0 Å². The first-order valence-corrected chi connectivity index (χ1v) is 13.5. The van der Waals surface area contributed by atoms with E-state index in [1.807, 2.05) is 47.1 Å². The highest BCUT2D eigenvalue weighted by Gasteiger charge is 2.20. The van der Waals surface area contributed by atoms with Crippen molar-refractivity contribution in [1.29, 1.82) is 0 Å². The number of hydrogen-bond donors (Lipinski definition) is 0. The second-order valence-electron chi connectivity index (χ2n) is 9.80. The number of ether oxygens (including phenoxy) is 5. The molecule has 0 saturated carbocycles. The van der Waals surface area contributed by atoms with Gasteiger partial charge in [0.25, 0.3) is 0 Å². The van der Waals surface area contributed by atoms with Gasteiger partial charge in [0.1, 0.15) is 5.75 Å². The molecule has 5 rings (SSSR count). The maximum atomic E-state index is 5.63. The Labute approximate surface area is 265 Å². The summed E-state index contributed by atoms with van der Waals surface area (Å²) in [5.41, 5.74) is 4.33. The van der Waals surface area contributed by atoms with Crippen molar-refractivity contribution in [2.75, 3.05) is 73.2 Å². The lowest BCUT2D eigenvalue weighted by Gasteiger charge is -2.36. The zero-order chi connectivity index (χ0) is 28.1. The molecule has 43 heavy (non-hydrogen) atoms.